The summed E-state index contributed by atoms with van der Waals surface area (Å²) in [7, 11) is 0. The van der Waals surface area contributed by atoms with E-state index in [9.17, 15) is 9.59 Å². The minimum Gasteiger partial charge on any atom is -0.395 e. The maximum atomic E-state index is 12.6. The van der Waals surface area contributed by atoms with Gasteiger partial charge in [0.2, 0.25) is 0 Å². The van der Waals surface area contributed by atoms with E-state index < -0.39 is 0 Å². The van der Waals surface area contributed by atoms with Crippen LogP contribution in [0.1, 0.15) is 16.2 Å². The first-order valence-corrected chi connectivity index (χ1v) is 9.50. The van der Waals surface area contributed by atoms with Crippen LogP contribution < -0.4 is 10.5 Å². The van der Waals surface area contributed by atoms with Gasteiger partial charge in [0, 0.05) is 38.1 Å². The Morgan fingerprint density at radius 1 is 1.10 bits per heavy atom. The van der Waals surface area contributed by atoms with Crippen LogP contribution in [0.3, 0.4) is 0 Å². The fourth-order valence-electron chi connectivity index (χ4n) is 3.44. The topological polar surface area (TPSA) is 104 Å². The summed E-state index contributed by atoms with van der Waals surface area (Å²) in [6.07, 6.45) is 4.58. The highest BCUT2D eigenvalue weighted by Crippen LogP contribution is 2.21. The lowest BCUT2D eigenvalue weighted by Gasteiger charge is -2.36. The second-order valence-corrected chi connectivity index (χ2v) is 6.99. The Hall–Kier alpha value is -3.33. The Balaban J connectivity index is 1.47. The number of benzene rings is 1. The lowest BCUT2D eigenvalue weighted by Crippen LogP contribution is -2.49. The molecule has 9 nitrogen and oxygen atoms in total. The minimum absolute atomic E-state index is 0.109. The van der Waals surface area contributed by atoms with E-state index in [-0.39, 0.29) is 24.6 Å². The molecule has 29 heavy (non-hydrogen) atoms. The zero-order valence-corrected chi connectivity index (χ0v) is 16.2. The normalized spacial score (nSPS) is 14.4. The number of piperazine rings is 1. The monoisotopic (exact) mass is 394 g/mol. The Kier molecular flexibility index (Phi) is 5.22. The largest absolute Gasteiger partial charge is 0.395 e. The van der Waals surface area contributed by atoms with E-state index in [1.807, 2.05) is 19.1 Å². The molecule has 1 aromatic carbocycles. The minimum atomic E-state index is -0.162. The molecule has 1 aliphatic rings. The van der Waals surface area contributed by atoms with Gasteiger partial charge in [0.15, 0.2) is 0 Å². The van der Waals surface area contributed by atoms with Crippen LogP contribution in [0.5, 0.6) is 0 Å². The van der Waals surface area contributed by atoms with E-state index >= 15 is 0 Å². The summed E-state index contributed by atoms with van der Waals surface area (Å²) in [6, 6.07) is 5.56. The van der Waals surface area contributed by atoms with Gasteiger partial charge in [-0.15, -0.1) is 0 Å². The van der Waals surface area contributed by atoms with E-state index in [1.54, 1.807) is 17.2 Å². The number of aromatic nitrogens is 4. The second kappa shape index (κ2) is 7.96. The van der Waals surface area contributed by atoms with Gasteiger partial charge in [0.25, 0.3) is 11.5 Å². The van der Waals surface area contributed by atoms with Crippen molar-refractivity contribution >= 4 is 22.5 Å². The van der Waals surface area contributed by atoms with Crippen molar-refractivity contribution < 1.29 is 9.90 Å². The molecular formula is C20H22N6O3. The average Bonchev–Trinajstić information content (AvgIpc) is 2.76. The summed E-state index contributed by atoms with van der Waals surface area (Å²) in [6.45, 7) is 4.47. The number of aryl methyl sites for hydroxylation is 1. The molecular weight excluding hydrogens is 372 g/mol. The molecule has 1 saturated heterocycles. The smallest absolute Gasteiger partial charge is 0.274 e. The van der Waals surface area contributed by atoms with Crippen LogP contribution in [0.25, 0.3) is 10.9 Å². The fraction of sp³-hybridized carbons (Fsp3) is 0.350. The molecule has 0 spiro atoms. The predicted octanol–water partition coefficient (Wildman–Crippen LogP) is 0.450. The van der Waals surface area contributed by atoms with Gasteiger partial charge in [0.05, 0.1) is 42.3 Å². The van der Waals surface area contributed by atoms with Gasteiger partial charge in [-0.1, -0.05) is 0 Å². The maximum absolute atomic E-state index is 12.6. The molecule has 0 unspecified atom stereocenters. The average molecular weight is 394 g/mol. The molecule has 1 amide bonds. The number of nitrogens with zero attached hydrogens (tertiary/aromatic N) is 6. The van der Waals surface area contributed by atoms with Crippen LogP contribution in [0.4, 0.5) is 5.69 Å². The van der Waals surface area contributed by atoms with Crippen LogP contribution in [0, 0.1) is 6.92 Å². The Labute approximate surface area is 167 Å². The summed E-state index contributed by atoms with van der Waals surface area (Å²) < 4.78 is 1.40. The van der Waals surface area contributed by atoms with Gasteiger partial charge in [-0.25, -0.2) is 9.97 Å². The Bertz CT molecular complexity index is 1090. The summed E-state index contributed by atoms with van der Waals surface area (Å²) in [5, 5.41) is 9.57. The Morgan fingerprint density at radius 2 is 1.90 bits per heavy atom. The van der Waals surface area contributed by atoms with Crippen LogP contribution in [-0.2, 0) is 6.54 Å². The van der Waals surface area contributed by atoms with Crippen molar-refractivity contribution in [1.82, 2.24) is 24.4 Å². The Morgan fingerprint density at radius 3 is 2.59 bits per heavy atom. The third-order valence-electron chi connectivity index (χ3n) is 5.08. The van der Waals surface area contributed by atoms with E-state index in [1.165, 1.54) is 17.1 Å². The van der Waals surface area contributed by atoms with Gasteiger partial charge in [-0.05, 0) is 25.1 Å². The third-order valence-corrected chi connectivity index (χ3v) is 5.08. The lowest BCUT2D eigenvalue weighted by molar-refractivity contribution is 0.0740. The van der Waals surface area contributed by atoms with E-state index in [2.05, 4.69) is 19.9 Å². The van der Waals surface area contributed by atoms with Crippen molar-refractivity contribution in [2.24, 2.45) is 0 Å². The fourth-order valence-corrected chi connectivity index (χ4v) is 3.44. The predicted molar refractivity (Wildman–Crippen MR) is 108 cm³/mol. The third kappa shape index (κ3) is 3.81. The first-order valence-electron chi connectivity index (χ1n) is 9.50. The number of amides is 1. The van der Waals surface area contributed by atoms with Gasteiger partial charge >= 0.3 is 0 Å². The van der Waals surface area contributed by atoms with E-state index in [0.29, 0.717) is 42.8 Å². The molecule has 1 N–H and O–H groups in total. The van der Waals surface area contributed by atoms with Crippen LogP contribution in [-0.4, -0.2) is 68.2 Å². The maximum Gasteiger partial charge on any atom is 0.274 e. The molecule has 3 aromatic rings. The molecule has 0 bridgehead atoms. The number of fused-ring (bicyclic) bond motifs is 1. The molecule has 9 heteroatoms. The van der Waals surface area contributed by atoms with E-state index in [4.69, 9.17) is 5.11 Å². The lowest BCUT2D eigenvalue weighted by atomic mass is 10.2. The standard InChI is InChI=1S/C20H22N6O3/c1-14-11-22-18(12-21-14)20(29)25-6-4-24(5-7-25)15-2-3-16-17(10-15)23-13-26(8-9-27)19(16)28/h2-3,10-13,27H,4-9H2,1H3. The summed E-state index contributed by atoms with van der Waals surface area (Å²) >= 11 is 0. The number of anilines is 1. The van der Waals surface area contributed by atoms with Crippen molar-refractivity contribution in [1.29, 1.82) is 0 Å². The number of rotatable bonds is 4. The highest BCUT2D eigenvalue weighted by Gasteiger charge is 2.23. The number of aliphatic hydroxyl groups excluding tert-OH is 1. The number of aliphatic hydroxyl groups is 1. The van der Waals surface area contributed by atoms with Crippen molar-refractivity contribution in [3.05, 3.63) is 58.7 Å². The molecule has 2 aromatic heterocycles. The summed E-state index contributed by atoms with van der Waals surface area (Å²) in [4.78, 5) is 41.6. The van der Waals surface area contributed by atoms with Gasteiger partial charge in [0.1, 0.15) is 5.69 Å². The molecule has 0 radical (unpaired) electrons. The number of hydrogen-bond acceptors (Lipinski definition) is 7. The van der Waals surface area contributed by atoms with Crippen molar-refractivity contribution in [2.45, 2.75) is 13.5 Å². The van der Waals surface area contributed by atoms with Crippen molar-refractivity contribution in [3.63, 3.8) is 0 Å². The molecule has 0 atom stereocenters. The van der Waals surface area contributed by atoms with Crippen LogP contribution in [0.15, 0.2) is 41.7 Å². The zero-order chi connectivity index (χ0) is 20.4. The van der Waals surface area contributed by atoms with Gasteiger partial charge in [-0.2, -0.15) is 0 Å². The molecule has 0 aliphatic carbocycles. The highest BCUT2D eigenvalue weighted by molar-refractivity contribution is 5.92. The van der Waals surface area contributed by atoms with Crippen molar-refractivity contribution in [3.8, 4) is 0 Å². The van der Waals surface area contributed by atoms with Gasteiger partial charge in [-0.3, -0.25) is 19.1 Å². The molecule has 0 saturated carbocycles. The quantitative estimate of drug-likeness (QED) is 0.685. The highest BCUT2D eigenvalue weighted by atomic mass is 16.3. The molecule has 4 rings (SSSR count). The molecule has 150 valence electrons. The number of carbonyl (C=O) groups excluding carboxylic acids is 1. The van der Waals surface area contributed by atoms with Crippen LogP contribution >= 0.6 is 0 Å². The van der Waals surface area contributed by atoms with Crippen LogP contribution in [0.2, 0.25) is 0 Å². The second-order valence-electron chi connectivity index (χ2n) is 6.99. The molecule has 1 fully saturated rings. The first-order chi connectivity index (χ1) is 14.1. The van der Waals surface area contributed by atoms with Gasteiger partial charge < -0.3 is 14.9 Å². The molecule has 1 aliphatic heterocycles. The van der Waals surface area contributed by atoms with Crippen molar-refractivity contribution in [2.75, 3.05) is 37.7 Å². The summed E-state index contributed by atoms with van der Waals surface area (Å²) in [5.41, 5.74) is 2.56. The van der Waals surface area contributed by atoms with E-state index in [0.717, 1.165) is 11.4 Å². The first kappa shape index (κ1) is 19.0. The number of carbonyl (C=O) groups is 1. The number of hydrogen-bond donors (Lipinski definition) is 1. The molecule has 3 heterocycles. The summed E-state index contributed by atoms with van der Waals surface area (Å²) in [5.74, 6) is -0.109. The zero-order valence-electron chi connectivity index (χ0n) is 16.2. The SMILES string of the molecule is Cc1cnc(C(=O)N2CCN(c3ccc4c(=O)n(CCO)cnc4c3)CC2)cn1.